The molecule has 3 heteroatoms. The molecular formula is C20H15ClN2. The first-order valence-corrected chi connectivity index (χ1v) is 7.70. The van der Waals surface area contributed by atoms with Crippen molar-refractivity contribution < 1.29 is 0 Å². The highest BCUT2D eigenvalue weighted by atomic mass is 35.5. The highest BCUT2D eigenvalue weighted by molar-refractivity contribution is 6.30. The van der Waals surface area contributed by atoms with Gasteiger partial charge in [0, 0.05) is 17.7 Å². The standard InChI is InChI=1S/C20H15ClN2/c1-13-9-15(5-4-8-22)10-14(2)20(13)17-7-3-6-16-12-23-19(21)11-18(16)17/h3-7,9-12H,1-2H3/b5-4+. The minimum Gasteiger partial charge on any atom is -0.244 e. The lowest BCUT2D eigenvalue weighted by Crippen LogP contribution is -1.92. The fourth-order valence-electron chi connectivity index (χ4n) is 3.01. The summed E-state index contributed by atoms with van der Waals surface area (Å²) in [6.07, 6.45) is 5.13. The van der Waals surface area contributed by atoms with Crippen LogP contribution in [0.15, 0.2) is 48.7 Å². The Bertz CT molecular complexity index is 942. The SMILES string of the molecule is Cc1cc(/C=C/C#N)cc(C)c1-c1cccc2cnc(Cl)cc12. The Morgan fingerprint density at radius 2 is 1.87 bits per heavy atom. The van der Waals surface area contributed by atoms with Crippen molar-refractivity contribution in [2.24, 2.45) is 0 Å². The Labute approximate surface area is 140 Å². The van der Waals surface area contributed by atoms with Gasteiger partial charge in [-0.05, 0) is 59.2 Å². The molecule has 0 unspecified atom stereocenters. The van der Waals surface area contributed by atoms with Gasteiger partial charge >= 0.3 is 0 Å². The third kappa shape index (κ3) is 2.97. The summed E-state index contributed by atoms with van der Waals surface area (Å²) in [5, 5.41) is 11.3. The lowest BCUT2D eigenvalue weighted by atomic mass is 9.91. The fourth-order valence-corrected chi connectivity index (χ4v) is 3.17. The zero-order chi connectivity index (χ0) is 16.4. The van der Waals surface area contributed by atoms with E-state index >= 15 is 0 Å². The van der Waals surface area contributed by atoms with Crippen LogP contribution in [0.3, 0.4) is 0 Å². The summed E-state index contributed by atoms with van der Waals surface area (Å²) in [5.41, 5.74) is 5.72. The van der Waals surface area contributed by atoms with Gasteiger partial charge in [-0.3, -0.25) is 0 Å². The molecule has 0 bridgehead atoms. The van der Waals surface area contributed by atoms with Gasteiger partial charge in [0.15, 0.2) is 0 Å². The van der Waals surface area contributed by atoms with E-state index in [-0.39, 0.29) is 0 Å². The van der Waals surface area contributed by atoms with Crippen LogP contribution in [0.5, 0.6) is 0 Å². The van der Waals surface area contributed by atoms with Gasteiger partial charge in [0.25, 0.3) is 0 Å². The molecule has 2 aromatic carbocycles. The molecule has 0 radical (unpaired) electrons. The first kappa shape index (κ1) is 15.3. The number of hydrogen-bond donors (Lipinski definition) is 0. The molecule has 1 heterocycles. The molecule has 0 aliphatic carbocycles. The first-order valence-electron chi connectivity index (χ1n) is 7.32. The van der Waals surface area contributed by atoms with E-state index < -0.39 is 0 Å². The summed E-state index contributed by atoms with van der Waals surface area (Å²) in [5.74, 6) is 0. The molecule has 2 nitrogen and oxygen atoms in total. The largest absolute Gasteiger partial charge is 0.244 e. The number of aromatic nitrogens is 1. The molecule has 23 heavy (non-hydrogen) atoms. The topological polar surface area (TPSA) is 36.7 Å². The first-order chi connectivity index (χ1) is 11.1. The summed E-state index contributed by atoms with van der Waals surface area (Å²) < 4.78 is 0. The molecule has 0 saturated carbocycles. The quantitative estimate of drug-likeness (QED) is 0.448. The maximum absolute atomic E-state index is 8.69. The van der Waals surface area contributed by atoms with Gasteiger partial charge in [-0.2, -0.15) is 5.26 Å². The predicted molar refractivity (Wildman–Crippen MR) is 96.3 cm³/mol. The van der Waals surface area contributed by atoms with Crippen molar-refractivity contribution in [2.45, 2.75) is 13.8 Å². The van der Waals surface area contributed by atoms with Crippen LogP contribution in [0.25, 0.3) is 28.0 Å². The average Bonchev–Trinajstić information content (AvgIpc) is 2.52. The van der Waals surface area contributed by atoms with E-state index in [1.807, 2.05) is 30.3 Å². The normalized spacial score (nSPS) is 11.0. The van der Waals surface area contributed by atoms with Crippen molar-refractivity contribution in [3.63, 3.8) is 0 Å². The second-order valence-corrected chi connectivity index (χ2v) is 5.91. The number of benzene rings is 2. The number of nitrogens with zero attached hydrogens (tertiary/aromatic N) is 2. The third-order valence-electron chi connectivity index (χ3n) is 3.90. The number of nitriles is 1. The molecule has 3 aromatic rings. The van der Waals surface area contributed by atoms with E-state index in [1.165, 1.54) is 22.8 Å². The number of rotatable bonds is 2. The summed E-state index contributed by atoms with van der Waals surface area (Å²) >= 11 is 6.09. The molecule has 0 amide bonds. The molecule has 0 saturated heterocycles. The summed E-state index contributed by atoms with van der Waals surface area (Å²) in [7, 11) is 0. The van der Waals surface area contributed by atoms with E-state index in [9.17, 15) is 0 Å². The zero-order valence-electron chi connectivity index (χ0n) is 13.0. The second-order valence-electron chi connectivity index (χ2n) is 5.53. The number of pyridine rings is 1. The molecule has 1 aromatic heterocycles. The molecule has 0 aliphatic rings. The van der Waals surface area contributed by atoms with Gasteiger partial charge in [0.05, 0.1) is 6.07 Å². The van der Waals surface area contributed by atoms with Crippen LogP contribution in [-0.4, -0.2) is 4.98 Å². The van der Waals surface area contributed by atoms with Crippen LogP contribution in [-0.2, 0) is 0 Å². The fraction of sp³-hybridized carbons (Fsp3) is 0.100. The summed E-state index contributed by atoms with van der Waals surface area (Å²) in [6.45, 7) is 4.18. The maximum atomic E-state index is 8.69. The maximum Gasteiger partial charge on any atom is 0.129 e. The summed E-state index contributed by atoms with van der Waals surface area (Å²) in [4.78, 5) is 4.16. The van der Waals surface area contributed by atoms with Gasteiger partial charge in [-0.25, -0.2) is 4.98 Å². The van der Waals surface area contributed by atoms with Crippen LogP contribution in [0.4, 0.5) is 0 Å². The van der Waals surface area contributed by atoms with Gasteiger partial charge in [-0.1, -0.05) is 41.9 Å². The Morgan fingerprint density at radius 3 is 2.57 bits per heavy atom. The molecule has 0 fully saturated rings. The second kappa shape index (κ2) is 6.24. The Kier molecular flexibility index (Phi) is 4.14. The van der Waals surface area contributed by atoms with Crippen LogP contribution >= 0.6 is 11.6 Å². The molecular weight excluding hydrogens is 304 g/mol. The number of fused-ring (bicyclic) bond motifs is 1. The minimum absolute atomic E-state index is 0.494. The monoisotopic (exact) mass is 318 g/mol. The van der Waals surface area contributed by atoms with Crippen LogP contribution in [0.1, 0.15) is 16.7 Å². The van der Waals surface area contributed by atoms with E-state index in [0.717, 1.165) is 21.9 Å². The van der Waals surface area contributed by atoms with Crippen LogP contribution in [0.2, 0.25) is 5.15 Å². The predicted octanol–water partition coefficient (Wildman–Crippen LogP) is 5.71. The zero-order valence-corrected chi connectivity index (χ0v) is 13.7. The van der Waals surface area contributed by atoms with Gasteiger partial charge in [-0.15, -0.1) is 0 Å². The smallest absolute Gasteiger partial charge is 0.129 e. The molecule has 3 rings (SSSR count). The lowest BCUT2D eigenvalue weighted by molar-refractivity contribution is 1.35. The van der Waals surface area contributed by atoms with E-state index in [0.29, 0.717) is 5.15 Å². The van der Waals surface area contributed by atoms with Crippen molar-refractivity contribution in [1.29, 1.82) is 5.26 Å². The third-order valence-corrected chi connectivity index (χ3v) is 4.11. The number of halogens is 1. The number of aryl methyl sites for hydroxylation is 2. The molecule has 0 aliphatic heterocycles. The average molecular weight is 319 g/mol. The van der Waals surface area contributed by atoms with Crippen molar-refractivity contribution in [1.82, 2.24) is 4.98 Å². The van der Waals surface area contributed by atoms with Gasteiger partial charge in [0.1, 0.15) is 5.15 Å². The van der Waals surface area contributed by atoms with Crippen molar-refractivity contribution in [3.8, 4) is 17.2 Å². The highest BCUT2D eigenvalue weighted by Gasteiger charge is 2.11. The van der Waals surface area contributed by atoms with Crippen molar-refractivity contribution in [3.05, 3.63) is 70.5 Å². The molecule has 0 N–H and O–H groups in total. The highest BCUT2D eigenvalue weighted by Crippen LogP contribution is 2.34. The van der Waals surface area contributed by atoms with Crippen molar-refractivity contribution in [2.75, 3.05) is 0 Å². The Morgan fingerprint density at radius 1 is 1.13 bits per heavy atom. The van der Waals surface area contributed by atoms with Gasteiger partial charge < -0.3 is 0 Å². The van der Waals surface area contributed by atoms with E-state index in [1.54, 1.807) is 6.20 Å². The Balaban J connectivity index is 2.26. The van der Waals surface area contributed by atoms with E-state index in [4.69, 9.17) is 16.9 Å². The van der Waals surface area contributed by atoms with Gasteiger partial charge in [0.2, 0.25) is 0 Å². The molecule has 112 valence electrons. The molecule has 0 atom stereocenters. The van der Waals surface area contributed by atoms with Crippen LogP contribution < -0.4 is 0 Å². The number of hydrogen-bond acceptors (Lipinski definition) is 2. The minimum atomic E-state index is 0.494. The summed E-state index contributed by atoms with van der Waals surface area (Å²) in [6, 6.07) is 14.3. The Hall–Kier alpha value is -2.63. The van der Waals surface area contributed by atoms with Crippen molar-refractivity contribution >= 4 is 28.4 Å². The van der Waals surface area contributed by atoms with Crippen LogP contribution in [0, 0.1) is 25.2 Å². The number of allylic oxidation sites excluding steroid dienone is 1. The lowest BCUT2D eigenvalue weighted by Gasteiger charge is -2.14. The molecule has 0 spiro atoms. The van der Waals surface area contributed by atoms with E-state index in [2.05, 4.69) is 37.0 Å².